The van der Waals surface area contributed by atoms with Crippen molar-refractivity contribution in [3.05, 3.63) is 11.6 Å². The second-order valence-corrected chi connectivity index (χ2v) is 20.2. The monoisotopic (exact) mass is 426 g/mol. The molecule has 0 heterocycles. The van der Waals surface area contributed by atoms with Gasteiger partial charge in [-0.1, -0.05) is 40.4 Å². The summed E-state index contributed by atoms with van der Waals surface area (Å²) in [7, 11) is -2.84. The molecule has 0 aliphatic heterocycles. The average Bonchev–Trinajstić information content (AvgIpc) is 2.87. The van der Waals surface area contributed by atoms with Gasteiger partial charge < -0.3 is 13.9 Å². The fourth-order valence-electron chi connectivity index (χ4n) is 4.51. The molecule has 2 rings (SSSR count). The molecule has 0 aromatic carbocycles. The van der Waals surface area contributed by atoms with Crippen molar-refractivity contribution in [2.24, 2.45) is 0 Å². The molecule has 2 aliphatic carbocycles. The van der Waals surface area contributed by atoms with E-state index in [1.807, 2.05) is 6.08 Å². The largest absolute Gasteiger partial charge is 0.408 e. The molecule has 1 fully saturated rings. The van der Waals surface area contributed by atoms with Crippen molar-refractivity contribution in [2.75, 3.05) is 13.4 Å². The SMILES string of the molecule is CC[Si](CC)(CC)O[C@]12CCCC(=O)C=C1C[C@@H](OCOCC[Si](C)(C)C)C2. The Labute approximate surface area is 174 Å². The van der Waals surface area contributed by atoms with Crippen LogP contribution in [0.15, 0.2) is 11.6 Å². The number of allylic oxidation sites excluding steroid dienone is 1. The summed E-state index contributed by atoms with van der Waals surface area (Å²) in [4.78, 5) is 12.3. The molecule has 6 heteroatoms. The first-order valence-corrected chi connectivity index (χ1v) is 17.5. The van der Waals surface area contributed by atoms with E-state index in [0.29, 0.717) is 13.2 Å². The zero-order chi connectivity index (χ0) is 20.8. The van der Waals surface area contributed by atoms with Crippen LogP contribution in [-0.4, -0.2) is 47.3 Å². The first kappa shape index (κ1) is 24.0. The quantitative estimate of drug-likeness (QED) is 0.234. The molecule has 2 aliphatic rings. The number of carbonyl (C=O) groups excluding carboxylic acids is 1. The summed E-state index contributed by atoms with van der Waals surface area (Å²) < 4.78 is 18.9. The molecule has 2 atom stereocenters. The summed E-state index contributed by atoms with van der Waals surface area (Å²) in [5.74, 6) is 0.254. The molecule has 0 spiro atoms. The third kappa shape index (κ3) is 6.36. The number of fused-ring (bicyclic) bond motifs is 1. The van der Waals surface area contributed by atoms with E-state index in [0.717, 1.165) is 56.5 Å². The van der Waals surface area contributed by atoms with Crippen molar-refractivity contribution < 1.29 is 18.7 Å². The minimum absolute atomic E-state index is 0.0984. The summed E-state index contributed by atoms with van der Waals surface area (Å²) in [5, 5.41) is 0. The molecule has 0 amide bonds. The normalized spacial score (nSPS) is 26.1. The van der Waals surface area contributed by atoms with Crippen LogP contribution in [-0.2, 0) is 18.7 Å². The molecule has 0 bridgehead atoms. The molecule has 1 saturated carbocycles. The Bertz CT molecular complexity index is 543. The standard InChI is InChI=1S/C22H42O4Si2/c1-7-28(8-2,9-3)26-22-12-10-11-20(23)15-19(22)16-21(17-22)25-18-24-13-14-27(4,5)6/h15,21H,7-14,16-18H2,1-6H3/t21-,22+/m1/s1. The molecule has 0 unspecified atom stereocenters. The van der Waals surface area contributed by atoms with Crippen molar-refractivity contribution in [1.82, 2.24) is 0 Å². The average molecular weight is 427 g/mol. The first-order valence-electron chi connectivity index (χ1n) is 11.3. The maximum absolute atomic E-state index is 12.3. The van der Waals surface area contributed by atoms with E-state index in [-0.39, 0.29) is 17.5 Å². The third-order valence-corrected chi connectivity index (χ3v) is 13.1. The maximum atomic E-state index is 12.3. The van der Waals surface area contributed by atoms with Crippen LogP contribution in [0.3, 0.4) is 0 Å². The number of rotatable bonds is 11. The molecule has 0 saturated heterocycles. The lowest BCUT2D eigenvalue weighted by atomic mass is 9.93. The predicted octanol–water partition coefficient (Wildman–Crippen LogP) is 5.92. The summed E-state index contributed by atoms with van der Waals surface area (Å²) in [6, 6.07) is 4.56. The minimum atomic E-state index is -1.77. The van der Waals surface area contributed by atoms with Crippen LogP contribution < -0.4 is 0 Å². The lowest BCUT2D eigenvalue weighted by Gasteiger charge is -2.41. The van der Waals surface area contributed by atoms with Gasteiger partial charge >= 0.3 is 0 Å². The summed E-state index contributed by atoms with van der Waals surface area (Å²) >= 11 is 0. The van der Waals surface area contributed by atoms with Gasteiger partial charge in [-0.3, -0.25) is 4.79 Å². The van der Waals surface area contributed by atoms with Crippen LogP contribution in [0.25, 0.3) is 0 Å². The molecule has 0 radical (unpaired) electrons. The second-order valence-electron chi connectivity index (χ2n) is 9.86. The predicted molar refractivity (Wildman–Crippen MR) is 121 cm³/mol. The Morgan fingerprint density at radius 3 is 2.43 bits per heavy atom. The highest BCUT2D eigenvalue weighted by Crippen LogP contribution is 2.47. The summed E-state index contributed by atoms with van der Waals surface area (Å²) in [5.41, 5.74) is 0.915. The Balaban J connectivity index is 2.05. The highest BCUT2D eigenvalue weighted by atomic mass is 28.4. The highest BCUT2D eigenvalue weighted by Gasteiger charge is 2.49. The molecule has 0 aromatic heterocycles. The number of carbonyl (C=O) groups is 1. The Kier molecular flexibility index (Phi) is 8.71. The zero-order valence-electron chi connectivity index (χ0n) is 19.1. The molecule has 0 N–H and O–H groups in total. The van der Waals surface area contributed by atoms with Crippen molar-refractivity contribution in [1.29, 1.82) is 0 Å². The van der Waals surface area contributed by atoms with E-state index < -0.39 is 16.4 Å². The van der Waals surface area contributed by atoms with E-state index >= 15 is 0 Å². The highest BCUT2D eigenvalue weighted by molar-refractivity contribution is 6.76. The van der Waals surface area contributed by atoms with Gasteiger partial charge in [0.25, 0.3) is 0 Å². The summed E-state index contributed by atoms with van der Waals surface area (Å²) in [6.07, 6.45) is 6.20. The molecule has 162 valence electrons. The number of hydrogen-bond donors (Lipinski definition) is 0. The molecule has 0 aromatic rings. The minimum Gasteiger partial charge on any atom is -0.408 e. The van der Waals surface area contributed by atoms with Gasteiger partial charge in [0.15, 0.2) is 14.1 Å². The van der Waals surface area contributed by atoms with Crippen molar-refractivity contribution in [3.8, 4) is 0 Å². The Hall–Kier alpha value is -0.276. The molecule has 4 nitrogen and oxygen atoms in total. The van der Waals surface area contributed by atoms with E-state index in [1.165, 1.54) is 5.57 Å². The Morgan fingerprint density at radius 1 is 1.14 bits per heavy atom. The first-order chi connectivity index (χ1) is 13.2. The van der Waals surface area contributed by atoms with Gasteiger partial charge in [-0.05, 0) is 55.1 Å². The van der Waals surface area contributed by atoms with Gasteiger partial charge in [0.1, 0.15) is 6.79 Å². The molecule has 28 heavy (non-hydrogen) atoms. The maximum Gasteiger partial charge on any atom is 0.193 e. The van der Waals surface area contributed by atoms with Gasteiger partial charge in [-0.2, -0.15) is 0 Å². The lowest BCUT2D eigenvalue weighted by molar-refractivity contribution is -0.114. The van der Waals surface area contributed by atoms with Gasteiger partial charge in [-0.15, -0.1) is 0 Å². The number of ketones is 1. The van der Waals surface area contributed by atoms with Gasteiger partial charge in [-0.25, -0.2) is 0 Å². The smallest absolute Gasteiger partial charge is 0.193 e. The zero-order valence-corrected chi connectivity index (χ0v) is 21.1. The van der Waals surface area contributed by atoms with Gasteiger partial charge in [0.2, 0.25) is 0 Å². The van der Waals surface area contributed by atoms with E-state index in [9.17, 15) is 4.79 Å². The summed E-state index contributed by atoms with van der Waals surface area (Å²) in [6.45, 7) is 15.0. The van der Waals surface area contributed by atoms with Crippen LogP contribution in [0.1, 0.15) is 52.9 Å². The lowest BCUT2D eigenvalue weighted by Crippen LogP contribution is -2.47. The van der Waals surface area contributed by atoms with Crippen LogP contribution in [0.2, 0.25) is 43.8 Å². The fourth-order valence-corrected chi connectivity index (χ4v) is 8.34. The van der Waals surface area contributed by atoms with Crippen molar-refractivity contribution in [3.63, 3.8) is 0 Å². The van der Waals surface area contributed by atoms with Crippen LogP contribution in [0.5, 0.6) is 0 Å². The third-order valence-electron chi connectivity index (χ3n) is 6.66. The molecular formula is C22H42O4Si2. The fraction of sp³-hybridized carbons (Fsp3) is 0.864. The van der Waals surface area contributed by atoms with Gasteiger partial charge in [0, 0.05) is 27.5 Å². The van der Waals surface area contributed by atoms with Crippen molar-refractivity contribution in [2.45, 2.75) is 108 Å². The van der Waals surface area contributed by atoms with E-state index in [4.69, 9.17) is 13.9 Å². The number of hydrogen-bond acceptors (Lipinski definition) is 4. The van der Waals surface area contributed by atoms with Crippen LogP contribution >= 0.6 is 0 Å². The Morgan fingerprint density at radius 2 is 1.82 bits per heavy atom. The molecular weight excluding hydrogens is 384 g/mol. The van der Waals surface area contributed by atoms with Crippen molar-refractivity contribution >= 4 is 22.2 Å². The van der Waals surface area contributed by atoms with Gasteiger partial charge in [0.05, 0.1) is 11.7 Å². The van der Waals surface area contributed by atoms with E-state index in [1.54, 1.807) is 0 Å². The van der Waals surface area contributed by atoms with Crippen LogP contribution in [0.4, 0.5) is 0 Å². The van der Waals surface area contributed by atoms with Crippen LogP contribution in [0, 0.1) is 0 Å². The second kappa shape index (κ2) is 10.2. The van der Waals surface area contributed by atoms with E-state index in [2.05, 4.69) is 40.4 Å². The number of ether oxygens (including phenoxy) is 2. The topological polar surface area (TPSA) is 44.8 Å².